The van der Waals surface area contributed by atoms with Crippen LogP contribution in [-0.4, -0.2) is 55.8 Å². The first-order valence-corrected chi connectivity index (χ1v) is 8.11. The molecule has 1 aromatic carbocycles. The summed E-state index contributed by atoms with van der Waals surface area (Å²) in [6.45, 7) is 0. The third-order valence-corrected chi connectivity index (χ3v) is 5.06. The lowest BCUT2D eigenvalue weighted by molar-refractivity contribution is 0.0689. The van der Waals surface area contributed by atoms with Gasteiger partial charge in [0.15, 0.2) is 4.34 Å². The summed E-state index contributed by atoms with van der Waals surface area (Å²) in [6.07, 6.45) is 0.0258. The number of benzene rings is 1. The number of hydrogen-bond donors (Lipinski definition) is 4. The molecule has 4 N–H and O–H groups in total. The maximum Gasteiger partial charge on any atom is 0.466 e. The zero-order valence-corrected chi connectivity index (χ0v) is 13.5. The van der Waals surface area contributed by atoms with Gasteiger partial charge in [-0.15, -0.1) is 10.2 Å². The monoisotopic (exact) mass is 356 g/mol. The van der Waals surface area contributed by atoms with E-state index >= 15 is 0 Å². The van der Waals surface area contributed by atoms with E-state index in [-0.39, 0.29) is 23.3 Å². The molecule has 0 bridgehead atoms. The Labute approximate surface area is 139 Å². The summed E-state index contributed by atoms with van der Waals surface area (Å²) in [4.78, 5) is 11.3. The molecule has 0 saturated carbocycles. The van der Waals surface area contributed by atoms with Crippen LogP contribution in [0.15, 0.2) is 22.0 Å². The van der Waals surface area contributed by atoms with Crippen LogP contribution in [0.2, 0.25) is 0 Å². The van der Waals surface area contributed by atoms with E-state index in [9.17, 15) is 25.1 Å². The molecule has 122 valence electrons. The Morgan fingerprint density at radius 3 is 2.74 bits per heavy atom. The first-order valence-electron chi connectivity index (χ1n) is 6.35. The second kappa shape index (κ2) is 7.64. The second-order valence-corrected chi connectivity index (χ2v) is 6.75. The smallest absolute Gasteiger partial charge is 0.466 e. The van der Waals surface area contributed by atoms with Crippen LogP contribution < -0.4 is 4.74 Å². The molecule has 0 fully saturated rings. The predicted molar refractivity (Wildman–Crippen MR) is 85.1 cm³/mol. The number of thioether (sulfide) groups is 1. The standard InChI is InChI=1S/C12H13BN2O6S2/c1-21-7-3-2-6(10(16)9(7)11(17)18)4-8(13(19)20)23-12-15-14-5-22-12/h2-3,5,8,16,19-20H,4H2,1H3,(H,17,18)/t8-/m0/s1. The quantitative estimate of drug-likeness (QED) is 0.417. The molecule has 11 heteroatoms. The van der Waals surface area contributed by atoms with Gasteiger partial charge < -0.3 is 25.0 Å². The van der Waals surface area contributed by atoms with Crippen molar-refractivity contribution in [2.45, 2.75) is 15.9 Å². The number of ether oxygens (including phenoxy) is 1. The lowest BCUT2D eigenvalue weighted by Gasteiger charge is -2.16. The lowest BCUT2D eigenvalue weighted by atomic mass is 9.81. The van der Waals surface area contributed by atoms with Gasteiger partial charge in [-0.1, -0.05) is 29.2 Å². The zero-order valence-electron chi connectivity index (χ0n) is 11.9. The van der Waals surface area contributed by atoms with E-state index in [0.717, 1.165) is 11.8 Å². The van der Waals surface area contributed by atoms with Gasteiger partial charge >= 0.3 is 13.1 Å². The number of carboxylic acid groups (broad SMARTS) is 1. The number of nitrogens with zero attached hydrogens (tertiary/aromatic N) is 2. The Balaban J connectivity index is 2.29. The van der Waals surface area contributed by atoms with Crippen molar-refractivity contribution in [3.63, 3.8) is 0 Å². The van der Waals surface area contributed by atoms with Crippen LogP contribution in [0.25, 0.3) is 0 Å². The molecule has 0 aliphatic heterocycles. The SMILES string of the molecule is COc1ccc(C[C@H](Sc2nncs2)B(O)O)c(O)c1C(=O)O. The van der Waals surface area contributed by atoms with E-state index in [1.165, 1.54) is 36.1 Å². The van der Waals surface area contributed by atoms with Gasteiger partial charge in [0.05, 0.1) is 12.3 Å². The molecule has 0 unspecified atom stereocenters. The highest BCUT2D eigenvalue weighted by Gasteiger charge is 2.29. The Kier molecular flexibility index (Phi) is 5.83. The maximum atomic E-state index is 11.3. The predicted octanol–water partition coefficient (Wildman–Crippen LogP) is 0.666. The number of methoxy groups -OCH3 is 1. The van der Waals surface area contributed by atoms with Crippen molar-refractivity contribution in [1.29, 1.82) is 0 Å². The Bertz CT molecular complexity index is 682. The highest BCUT2D eigenvalue weighted by Crippen LogP contribution is 2.35. The van der Waals surface area contributed by atoms with Crippen molar-refractivity contribution < 1.29 is 29.8 Å². The number of phenols is 1. The highest BCUT2D eigenvalue weighted by molar-refractivity contribution is 8.02. The third kappa shape index (κ3) is 4.13. The fraction of sp³-hybridized carbons (Fsp3) is 0.250. The van der Waals surface area contributed by atoms with Gasteiger partial charge in [-0.05, 0) is 18.1 Å². The second-order valence-electron chi connectivity index (χ2n) is 4.43. The Morgan fingerprint density at radius 2 is 2.22 bits per heavy atom. The molecule has 23 heavy (non-hydrogen) atoms. The number of hydrogen-bond acceptors (Lipinski definition) is 9. The molecule has 0 aliphatic rings. The van der Waals surface area contributed by atoms with Crippen molar-refractivity contribution in [3.05, 3.63) is 28.8 Å². The van der Waals surface area contributed by atoms with Gasteiger partial charge in [-0.25, -0.2) is 4.79 Å². The minimum atomic E-state index is -1.68. The van der Waals surface area contributed by atoms with Gasteiger partial charge in [0.1, 0.15) is 22.6 Å². The van der Waals surface area contributed by atoms with E-state index in [1.807, 2.05) is 0 Å². The summed E-state index contributed by atoms with van der Waals surface area (Å²) in [5, 5.41) is 45.1. The fourth-order valence-corrected chi connectivity index (χ4v) is 3.66. The van der Waals surface area contributed by atoms with Gasteiger partial charge in [0.2, 0.25) is 0 Å². The van der Waals surface area contributed by atoms with Crippen LogP contribution in [0, 0.1) is 0 Å². The summed E-state index contributed by atoms with van der Waals surface area (Å²) in [7, 11) is -0.384. The van der Waals surface area contributed by atoms with Crippen molar-refractivity contribution in [2.24, 2.45) is 0 Å². The lowest BCUT2D eigenvalue weighted by Crippen LogP contribution is -2.30. The molecular formula is C12H13BN2O6S2. The number of aromatic hydroxyl groups is 1. The number of carbonyl (C=O) groups is 1. The van der Waals surface area contributed by atoms with Gasteiger partial charge in [-0.3, -0.25) is 0 Å². The van der Waals surface area contributed by atoms with E-state index in [0.29, 0.717) is 4.34 Å². The minimum absolute atomic E-state index is 0.0247. The van der Waals surface area contributed by atoms with Crippen LogP contribution in [0.5, 0.6) is 11.5 Å². The molecule has 1 aromatic heterocycles. The van der Waals surface area contributed by atoms with Crippen LogP contribution in [0.1, 0.15) is 15.9 Å². The van der Waals surface area contributed by atoms with E-state index in [4.69, 9.17) is 4.74 Å². The molecule has 0 spiro atoms. The summed E-state index contributed by atoms with van der Waals surface area (Å²) < 4.78 is 5.46. The molecule has 2 aromatic rings. The van der Waals surface area contributed by atoms with E-state index < -0.39 is 24.0 Å². The van der Waals surface area contributed by atoms with Crippen molar-refractivity contribution in [1.82, 2.24) is 10.2 Å². The summed E-state index contributed by atoms with van der Waals surface area (Å²) in [5.41, 5.74) is 1.41. The van der Waals surface area contributed by atoms with Crippen LogP contribution in [-0.2, 0) is 6.42 Å². The summed E-state index contributed by atoms with van der Waals surface area (Å²) in [6, 6.07) is 2.89. The minimum Gasteiger partial charge on any atom is -0.507 e. The Hall–Kier alpha value is -1.82. The normalized spacial score (nSPS) is 12.0. The molecule has 1 heterocycles. The van der Waals surface area contributed by atoms with Gasteiger partial charge in [-0.2, -0.15) is 0 Å². The number of carboxylic acids is 1. The number of aromatic nitrogens is 2. The van der Waals surface area contributed by atoms with Crippen LogP contribution >= 0.6 is 23.1 Å². The first-order chi connectivity index (χ1) is 10.9. The highest BCUT2D eigenvalue weighted by atomic mass is 32.2. The number of rotatable bonds is 7. The molecule has 0 amide bonds. The van der Waals surface area contributed by atoms with E-state index in [1.54, 1.807) is 0 Å². The fourth-order valence-electron chi connectivity index (χ4n) is 1.93. The molecule has 8 nitrogen and oxygen atoms in total. The molecule has 0 radical (unpaired) electrons. The number of aromatic carboxylic acids is 1. The summed E-state index contributed by atoms with van der Waals surface area (Å²) in [5.74, 6) is -1.77. The third-order valence-electron chi connectivity index (χ3n) is 3.00. The van der Waals surface area contributed by atoms with Crippen LogP contribution in [0.4, 0.5) is 0 Å². The largest absolute Gasteiger partial charge is 0.507 e. The molecule has 2 rings (SSSR count). The topological polar surface area (TPSA) is 133 Å². The van der Waals surface area contributed by atoms with Crippen molar-refractivity contribution in [2.75, 3.05) is 7.11 Å². The van der Waals surface area contributed by atoms with Gasteiger partial charge in [0.25, 0.3) is 0 Å². The Morgan fingerprint density at radius 1 is 1.48 bits per heavy atom. The molecule has 0 saturated heterocycles. The van der Waals surface area contributed by atoms with Crippen molar-refractivity contribution in [3.8, 4) is 11.5 Å². The molecule has 0 aliphatic carbocycles. The van der Waals surface area contributed by atoms with Crippen LogP contribution in [0.3, 0.4) is 0 Å². The molecule has 1 atom stereocenters. The first kappa shape index (κ1) is 17.5. The average molecular weight is 356 g/mol. The maximum absolute atomic E-state index is 11.3. The molecular weight excluding hydrogens is 343 g/mol. The average Bonchev–Trinajstić information content (AvgIpc) is 3.00. The summed E-state index contributed by atoms with van der Waals surface area (Å²) >= 11 is 2.33. The van der Waals surface area contributed by atoms with E-state index in [2.05, 4.69) is 10.2 Å². The van der Waals surface area contributed by atoms with Crippen molar-refractivity contribution >= 4 is 36.2 Å². The zero-order chi connectivity index (χ0) is 17.0. The van der Waals surface area contributed by atoms with Gasteiger partial charge in [0, 0.05) is 0 Å².